The number of amides is 1. The Kier molecular flexibility index (Phi) is 6.35. The van der Waals surface area contributed by atoms with Crippen molar-refractivity contribution in [2.75, 3.05) is 11.9 Å². The van der Waals surface area contributed by atoms with Crippen LogP contribution in [-0.2, 0) is 17.9 Å². The first-order valence-electron chi connectivity index (χ1n) is 10.6. The second-order valence-corrected chi connectivity index (χ2v) is 7.59. The highest BCUT2D eigenvalue weighted by Gasteiger charge is 2.17. The van der Waals surface area contributed by atoms with Gasteiger partial charge in [-0.1, -0.05) is 42.0 Å². The average molecular weight is 444 g/mol. The Labute approximate surface area is 190 Å². The van der Waals surface area contributed by atoms with Crippen molar-refractivity contribution in [3.63, 3.8) is 0 Å². The van der Waals surface area contributed by atoms with Crippen molar-refractivity contribution in [2.45, 2.75) is 26.9 Å². The third kappa shape index (κ3) is 4.69. The van der Waals surface area contributed by atoms with E-state index in [1.54, 1.807) is 30.3 Å². The SMILES string of the molecule is CCOc1ccccc1NC(=O)Cn1c(=O)n(Cc2ccc(C)cc2)c(=O)c2ncccc21. The van der Waals surface area contributed by atoms with Gasteiger partial charge in [0, 0.05) is 6.20 Å². The number of para-hydroxylation sites is 2. The Morgan fingerprint density at radius 1 is 1.00 bits per heavy atom. The van der Waals surface area contributed by atoms with Gasteiger partial charge in [-0.05, 0) is 43.7 Å². The first-order chi connectivity index (χ1) is 16.0. The van der Waals surface area contributed by atoms with Gasteiger partial charge in [0.25, 0.3) is 5.56 Å². The zero-order valence-corrected chi connectivity index (χ0v) is 18.4. The van der Waals surface area contributed by atoms with E-state index in [2.05, 4.69) is 10.3 Å². The van der Waals surface area contributed by atoms with E-state index in [4.69, 9.17) is 4.74 Å². The lowest BCUT2D eigenvalue weighted by atomic mass is 10.1. The van der Waals surface area contributed by atoms with Crippen molar-refractivity contribution in [1.29, 1.82) is 0 Å². The van der Waals surface area contributed by atoms with E-state index in [0.29, 0.717) is 23.6 Å². The Bertz CT molecular complexity index is 1420. The van der Waals surface area contributed by atoms with Gasteiger partial charge in [0.15, 0.2) is 5.52 Å². The van der Waals surface area contributed by atoms with E-state index in [0.717, 1.165) is 15.7 Å². The van der Waals surface area contributed by atoms with Gasteiger partial charge in [-0.15, -0.1) is 0 Å². The highest BCUT2D eigenvalue weighted by atomic mass is 16.5. The van der Waals surface area contributed by atoms with Crippen molar-refractivity contribution < 1.29 is 9.53 Å². The van der Waals surface area contributed by atoms with Gasteiger partial charge in [0.2, 0.25) is 5.91 Å². The van der Waals surface area contributed by atoms with Crippen LogP contribution in [0.5, 0.6) is 5.75 Å². The molecule has 2 aromatic carbocycles. The molecule has 2 aromatic heterocycles. The molecular weight excluding hydrogens is 420 g/mol. The third-order valence-corrected chi connectivity index (χ3v) is 5.21. The molecule has 4 rings (SSSR count). The normalized spacial score (nSPS) is 10.8. The average Bonchev–Trinajstić information content (AvgIpc) is 2.82. The van der Waals surface area contributed by atoms with Crippen molar-refractivity contribution in [1.82, 2.24) is 14.1 Å². The van der Waals surface area contributed by atoms with E-state index >= 15 is 0 Å². The largest absolute Gasteiger partial charge is 0.492 e. The summed E-state index contributed by atoms with van der Waals surface area (Å²) < 4.78 is 7.94. The van der Waals surface area contributed by atoms with Crippen LogP contribution >= 0.6 is 0 Å². The third-order valence-electron chi connectivity index (χ3n) is 5.21. The Morgan fingerprint density at radius 3 is 2.52 bits per heavy atom. The molecule has 0 saturated carbocycles. The van der Waals surface area contributed by atoms with E-state index < -0.39 is 17.2 Å². The molecule has 33 heavy (non-hydrogen) atoms. The topological polar surface area (TPSA) is 95.2 Å². The fourth-order valence-corrected chi connectivity index (χ4v) is 3.60. The number of aromatic nitrogens is 3. The standard InChI is InChI=1S/C25H24N4O4/c1-3-33-21-9-5-4-7-19(21)27-22(30)16-28-20-8-6-14-26-23(20)24(31)29(25(28)32)15-18-12-10-17(2)11-13-18/h4-14H,3,15-16H2,1-2H3,(H,27,30). The van der Waals surface area contributed by atoms with E-state index in [9.17, 15) is 14.4 Å². The molecule has 2 heterocycles. The summed E-state index contributed by atoms with van der Waals surface area (Å²) in [5.74, 6) is 0.117. The number of nitrogens with one attached hydrogen (secondary N) is 1. The van der Waals surface area contributed by atoms with Crippen LogP contribution < -0.4 is 21.3 Å². The summed E-state index contributed by atoms with van der Waals surface area (Å²) in [6.07, 6.45) is 1.49. The fraction of sp³-hybridized carbons (Fsp3) is 0.200. The Hall–Kier alpha value is -4.20. The van der Waals surface area contributed by atoms with Gasteiger partial charge in [-0.3, -0.25) is 18.7 Å². The summed E-state index contributed by atoms with van der Waals surface area (Å²) in [5.41, 5.74) is 1.76. The molecule has 0 radical (unpaired) electrons. The lowest BCUT2D eigenvalue weighted by Crippen LogP contribution is -2.42. The van der Waals surface area contributed by atoms with Crippen LogP contribution in [-0.4, -0.2) is 26.6 Å². The van der Waals surface area contributed by atoms with Gasteiger partial charge >= 0.3 is 5.69 Å². The summed E-state index contributed by atoms with van der Waals surface area (Å²) in [7, 11) is 0. The summed E-state index contributed by atoms with van der Waals surface area (Å²) >= 11 is 0. The van der Waals surface area contributed by atoms with Crippen LogP contribution in [0.25, 0.3) is 11.0 Å². The fourth-order valence-electron chi connectivity index (χ4n) is 3.60. The molecule has 4 aromatic rings. The van der Waals surface area contributed by atoms with Gasteiger partial charge in [0.1, 0.15) is 12.3 Å². The quantitative estimate of drug-likeness (QED) is 0.473. The molecule has 0 aliphatic heterocycles. The van der Waals surface area contributed by atoms with Crippen molar-refractivity contribution in [3.8, 4) is 5.75 Å². The molecule has 0 saturated heterocycles. The van der Waals surface area contributed by atoms with Crippen LogP contribution in [0.15, 0.2) is 76.4 Å². The summed E-state index contributed by atoms with van der Waals surface area (Å²) in [5, 5.41) is 2.79. The minimum absolute atomic E-state index is 0.0826. The maximum atomic E-state index is 13.3. The number of carbonyl (C=O) groups excluding carboxylic acids is 1. The first kappa shape index (κ1) is 22.0. The molecule has 0 fully saturated rings. The molecule has 8 nitrogen and oxygen atoms in total. The Balaban J connectivity index is 1.72. The molecule has 168 valence electrons. The van der Waals surface area contributed by atoms with E-state index in [-0.39, 0.29) is 18.6 Å². The summed E-state index contributed by atoms with van der Waals surface area (Å²) in [6.45, 7) is 4.07. The maximum absolute atomic E-state index is 13.3. The van der Waals surface area contributed by atoms with Crippen molar-refractivity contribution >= 4 is 22.6 Å². The predicted octanol–water partition coefficient (Wildman–Crippen LogP) is 2.95. The number of anilines is 1. The molecule has 8 heteroatoms. The number of hydrogen-bond donors (Lipinski definition) is 1. The number of nitrogens with zero attached hydrogens (tertiary/aromatic N) is 3. The second kappa shape index (κ2) is 9.52. The number of pyridine rings is 1. The molecule has 0 bridgehead atoms. The maximum Gasteiger partial charge on any atom is 0.332 e. The van der Waals surface area contributed by atoms with Gasteiger partial charge in [-0.25, -0.2) is 9.78 Å². The molecule has 0 unspecified atom stereocenters. The predicted molar refractivity (Wildman–Crippen MR) is 127 cm³/mol. The number of hydrogen-bond acceptors (Lipinski definition) is 5. The van der Waals surface area contributed by atoms with Crippen molar-refractivity contribution in [2.24, 2.45) is 0 Å². The molecular formula is C25H24N4O4. The highest BCUT2D eigenvalue weighted by Crippen LogP contribution is 2.23. The molecule has 1 amide bonds. The van der Waals surface area contributed by atoms with Crippen LogP contribution in [0.4, 0.5) is 5.69 Å². The molecule has 0 atom stereocenters. The molecule has 0 aliphatic rings. The van der Waals surface area contributed by atoms with Crippen molar-refractivity contribution in [3.05, 3.63) is 98.8 Å². The van der Waals surface area contributed by atoms with Gasteiger partial charge < -0.3 is 10.1 Å². The summed E-state index contributed by atoms with van der Waals surface area (Å²) in [6, 6.07) is 17.9. The highest BCUT2D eigenvalue weighted by molar-refractivity contribution is 5.92. The van der Waals surface area contributed by atoms with E-state index in [1.165, 1.54) is 10.8 Å². The molecule has 1 N–H and O–H groups in total. The smallest absolute Gasteiger partial charge is 0.332 e. The molecule has 0 spiro atoms. The number of rotatable bonds is 7. The zero-order valence-electron chi connectivity index (χ0n) is 18.4. The zero-order chi connectivity index (χ0) is 23.4. The van der Waals surface area contributed by atoms with Crippen LogP contribution in [0.2, 0.25) is 0 Å². The van der Waals surface area contributed by atoms with Gasteiger partial charge in [-0.2, -0.15) is 0 Å². The monoisotopic (exact) mass is 444 g/mol. The summed E-state index contributed by atoms with van der Waals surface area (Å²) in [4.78, 5) is 43.4. The van der Waals surface area contributed by atoms with Crippen LogP contribution in [0, 0.1) is 6.92 Å². The minimum Gasteiger partial charge on any atom is -0.492 e. The lowest BCUT2D eigenvalue weighted by Gasteiger charge is -2.15. The first-order valence-corrected chi connectivity index (χ1v) is 10.6. The Morgan fingerprint density at radius 2 is 1.76 bits per heavy atom. The van der Waals surface area contributed by atoms with E-state index in [1.807, 2.05) is 44.2 Å². The number of aryl methyl sites for hydroxylation is 1. The van der Waals surface area contributed by atoms with Crippen LogP contribution in [0.3, 0.4) is 0 Å². The number of carbonyl (C=O) groups is 1. The number of fused-ring (bicyclic) bond motifs is 1. The number of ether oxygens (including phenoxy) is 1. The lowest BCUT2D eigenvalue weighted by molar-refractivity contribution is -0.116. The van der Waals surface area contributed by atoms with Gasteiger partial charge in [0.05, 0.1) is 24.4 Å². The van der Waals surface area contributed by atoms with Crippen LogP contribution in [0.1, 0.15) is 18.1 Å². The molecule has 0 aliphatic carbocycles. The minimum atomic E-state index is -0.575. The number of benzene rings is 2. The second-order valence-electron chi connectivity index (χ2n) is 7.59.